The molecule has 1 aliphatic heterocycles. The molecular formula is C17H17NOS2. The van der Waals surface area contributed by atoms with Crippen LogP contribution in [-0.2, 0) is 4.79 Å². The van der Waals surface area contributed by atoms with E-state index < -0.39 is 4.08 Å². The van der Waals surface area contributed by atoms with Crippen molar-refractivity contribution in [3.8, 4) is 0 Å². The van der Waals surface area contributed by atoms with Crippen LogP contribution in [0.2, 0.25) is 0 Å². The minimum Gasteiger partial charge on any atom is -0.354 e. The molecule has 1 saturated heterocycles. The molecule has 0 saturated carbocycles. The van der Waals surface area contributed by atoms with Crippen LogP contribution in [0.1, 0.15) is 12.8 Å². The number of benzene rings is 2. The topological polar surface area (TPSA) is 29.1 Å². The maximum atomic E-state index is 12.6. The molecule has 1 N–H and O–H groups in total. The molecule has 0 aliphatic carbocycles. The van der Waals surface area contributed by atoms with Crippen molar-refractivity contribution in [2.75, 3.05) is 6.54 Å². The third-order valence-corrected chi connectivity index (χ3v) is 6.32. The molecule has 3 rings (SSSR count). The molecule has 2 aromatic carbocycles. The van der Waals surface area contributed by atoms with Gasteiger partial charge in [-0.3, -0.25) is 4.79 Å². The Bertz CT molecular complexity index is 559. The van der Waals surface area contributed by atoms with E-state index in [0.717, 1.165) is 29.2 Å². The molecular weight excluding hydrogens is 298 g/mol. The molecule has 0 radical (unpaired) electrons. The van der Waals surface area contributed by atoms with Gasteiger partial charge in [-0.15, -0.1) is 0 Å². The Morgan fingerprint density at radius 3 is 1.86 bits per heavy atom. The average Bonchev–Trinajstić information content (AvgIpc) is 2.52. The Labute approximate surface area is 133 Å². The summed E-state index contributed by atoms with van der Waals surface area (Å²) in [4.78, 5) is 14.8. The van der Waals surface area contributed by atoms with Crippen molar-refractivity contribution in [3.63, 3.8) is 0 Å². The molecule has 4 heteroatoms. The van der Waals surface area contributed by atoms with Crippen LogP contribution in [-0.4, -0.2) is 16.5 Å². The van der Waals surface area contributed by atoms with Gasteiger partial charge in [-0.1, -0.05) is 59.9 Å². The van der Waals surface area contributed by atoms with Gasteiger partial charge in [0.05, 0.1) is 0 Å². The summed E-state index contributed by atoms with van der Waals surface area (Å²) in [6, 6.07) is 20.4. The van der Waals surface area contributed by atoms with Crippen LogP contribution in [0.3, 0.4) is 0 Å². The second-order valence-electron chi connectivity index (χ2n) is 4.94. The largest absolute Gasteiger partial charge is 0.354 e. The zero-order valence-corrected chi connectivity index (χ0v) is 13.3. The Balaban J connectivity index is 1.89. The lowest BCUT2D eigenvalue weighted by molar-refractivity contribution is -0.122. The van der Waals surface area contributed by atoms with E-state index in [4.69, 9.17) is 0 Å². The lowest BCUT2D eigenvalue weighted by Gasteiger charge is -2.34. The fourth-order valence-corrected chi connectivity index (χ4v) is 5.26. The van der Waals surface area contributed by atoms with Gasteiger partial charge in [-0.05, 0) is 37.1 Å². The molecule has 0 unspecified atom stereocenters. The average molecular weight is 315 g/mol. The van der Waals surface area contributed by atoms with Crippen molar-refractivity contribution in [2.45, 2.75) is 26.7 Å². The monoisotopic (exact) mass is 315 g/mol. The summed E-state index contributed by atoms with van der Waals surface area (Å²) in [5.74, 6) is 0.136. The molecule has 108 valence electrons. The molecule has 2 nitrogen and oxygen atoms in total. The molecule has 21 heavy (non-hydrogen) atoms. The van der Waals surface area contributed by atoms with Crippen LogP contribution in [0.15, 0.2) is 70.5 Å². The number of nitrogens with one attached hydrogen (secondary N) is 1. The maximum Gasteiger partial charge on any atom is 0.247 e. The van der Waals surface area contributed by atoms with Gasteiger partial charge in [-0.25, -0.2) is 0 Å². The van der Waals surface area contributed by atoms with E-state index in [1.807, 2.05) is 36.4 Å². The molecule has 0 spiro atoms. The minimum atomic E-state index is -0.471. The van der Waals surface area contributed by atoms with Crippen molar-refractivity contribution < 1.29 is 4.79 Å². The number of hydrogen-bond donors (Lipinski definition) is 1. The quantitative estimate of drug-likeness (QED) is 0.858. The summed E-state index contributed by atoms with van der Waals surface area (Å²) in [5, 5.41) is 3.03. The van der Waals surface area contributed by atoms with Gasteiger partial charge in [0, 0.05) is 16.3 Å². The lowest BCUT2D eigenvalue weighted by atomic mass is 10.1. The highest BCUT2D eigenvalue weighted by atomic mass is 32.2. The van der Waals surface area contributed by atoms with E-state index in [9.17, 15) is 4.79 Å². The van der Waals surface area contributed by atoms with E-state index in [-0.39, 0.29) is 5.91 Å². The zero-order valence-electron chi connectivity index (χ0n) is 11.6. The number of hydrogen-bond acceptors (Lipinski definition) is 3. The first kappa shape index (κ1) is 14.5. The molecule has 1 fully saturated rings. The molecule has 1 aliphatic rings. The van der Waals surface area contributed by atoms with Crippen molar-refractivity contribution in [2.24, 2.45) is 0 Å². The van der Waals surface area contributed by atoms with Crippen molar-refractivity contribution in [1.82, 2.24) is 5.32 Å². The normalized spacial score (nSPS) is 17.2. The van der Waals surface area contributed by atoms with E-state index in [1.54, 1.807) is 23.5 Å². The standard InChI is InChI=1S/C17H17NOS2/c19-16-17(12-7-13-18-16,20-14-8-3-1-4-9-14)21-15-10-5-2-6-11-15/h1-6,8-11H,7,12-13H2,(H,18,19). The van der Waals surface area contributed by atoms with Crippen molar-refractivity contribution in [1.29, 1.82) is 0 Å². The summed E-state index contributed by atoms with van der Waals surface area (Å²) >= 11 is 3.33. The molecule has 1 amide bonds. The number of carbonyl (C=O) groups excluding carboxylic acids is 1. The van der Waals surface area contributed by atoms with Crippen molar-refractivity contribution >= 4 is 29.4 Å². The minimum absolute atomic E-state index is 0.136. The summed E-state index contributed by atoms with van der Waals surface area (Å²) in [5.41, 5.74) is 0. The fourth-order valence-electron chi connectivity index (χ4n) is 2.34. The van der Waals surface area contributed by atoms with E-state index >= 15 is 0 Å². The number of amides is 1. The zero-order chi connectivity index (χ0) is 14.5. The second kappa shape index (κ2) is 6.58. The van der Waals surface area contributed by atoms with Gasteiger partial charge in [0.2, 0.25) is 5.91 Å². The third kappa shape index (κ3) is 3.44. The number of carbonyl (C=O) groups is 1. The van der Waals surface area contributed by atoms with Gasteiger partial charge in [0.1, 0.15) is 4.08 Å². The Hall–Kier alpha value is -1.39. The second-order valence-corrected chi connectivity index (χ2v) is 7.95. The highest BCUT2D eigenvalue weighted by Crippen LogP contribution is 2.49. The number of rotatable bonds is 4. The highest BCUT2D eigenvalue weighted by molar-refractivity contribution is 8.19. The lowest BCUT2D eigenvalue weighted by Crippen LogP contribution is -2.46. The van der Waals surface area contributed by atoms with Crippen molar-refractivity contribution in [3.05, 3.63) is 60.7 Å². The highest BCUT2D eigenvalue weighted by Gasteiger charge is 2.42. The molecule has 0 atom stereocenters. The van der Waals surface area contributed by atoms with E-state index in [0.29, 0.717) is 0 Å². The number of piperidine rings is 1. The maximum absolute atomic E-state index is 12.6. The summed E-state index contributed by atoms with van der Waals surface area (Å²) in [6.07, 6.45) is 1.91. The SMILES string of the molecule is O=C1NCCCC1(Sc1ccccc1)Sc1ccccc1. The molecule has 0 aromatic heterocycles. The van der Waals surface area contributed by atoms with Crippen LogP contribution in [0.4, 0.5) is 0 Å². The number of thioether (sulfide) groups is 2. The van der Waals surface area contributed by atoms with E-state index in [1.165, 1.54) is 0 Å². The van der Waals surface area contributed by atoms with Crippen LogP contribution < -0.4 is 5.32 Å². The summed E-state index contributed by atoms with van der Waals surface area (Å²) in [6.45, 7) is 0.783. The first-order valence-electron chi connectivity index (χ1n) is 7.05. The Morgan fingerprint density at radius 2 is 1.38 bits per heavy atom. The molecule has 1 heterocycles. The van der Waals surface area contributed by atoms with Gasteiger partial charge in [-0.2, -0.15) is 0 Å². The Kier molecular flexibility index (Phi) is 4.56. The fraction of sp³-hybridized carbons (Fsp3) is 0.235. The third-order valence-electron chi connectivity index (χ3n) is 3.37. The summed E-state index contributed by atoms with van der Waals surface area (Å²) < 4.78 is -0.471. The van der Waals surface area contributed by atoms with Gasteiger partial charge >= 0.3 is 0 Å². The van der Waals surface area contributed by atoms with Gasteiger partial charge in [0.25, 0.3) is 0 Å². The van der Waals surface area contributed by atoms with Gasteiger partial charge < -0.3 is 5.32 Å². The Morgan fingerprint density at radius 1 is 0.857 bits per heavy atom. The first-order chi connectivity index (χ1) is 10.3. The van der Waals surface area contributed by atoms with Crippen LogP contribution in [0.5, 0.6) is 0 Å². The van der Waals surface area contributed by atoms with E-state index in [2.05, 4.69) is 29.6 Å². The van der Waals surface area contributed by atoms with Crippen LogP contribution >= 0.6 is 23.5 Å². The van der Waals surface area contributed by atoms with Gasteiger partial charge in [0.15, 0.2) is 0 Å². The van der Waals surface area contributed by atoms with Crippen LogP contribution in [0.25, 0.3) is 0 Å². The van der Waals surface area contributed by atoms with Crippen LogP contribution in [0, 0.1) is 0 Å². The molecule has 0 bridgehead atoms. The predicted octanol–water partition coefficient (Wildman–Crippen LogP) is 4.18. The first-order valence-corrected chi connectivity index (χ1v) is 8.68. The summed E-state index contributed by atoms with van der Waals surface area (Å²) in [7, 11) is 0. The molecule has 2 aromatic rings. The predicted molar refractivity (Wildman–Crippen MR) is 89.6 cm³/mol. The smallest absolute Gasteiger partial charge is 0.247 e.